The summed E-state index contributed by atoms with van der Waals surface area (Å²) in [6.07, 6.45) is 9.74. The molecule has 1 N–H and O–H groups in total. The molecule has 2 saturated carbocycles. The van der Waals surface area contributed by atoms with Gasteiger partial charge in [-0.1, -0.05) is 19.8 Å². The number of hydrogen-bond donors (Lipinski definition) is 1. The van der Waals surface area contributed by atoms with Crippen molar-refractivity contribution in [2.24, 2.45) is 23.7 Å². The van der Waals surface area contributed by atoms with Gasteiger partial charge in [-0.2, -0.15) is 0 Å². The molecular formula is C13H24O. The molecule has 2 aliphatic rings. The molecule has 0 heterocycles. The van der Waals surface area contributed by atoms with Crippen LogP contribution < -0.4 is 0 Å². The molecule has 4 atom stereocenters. The van der Waals surface area contributed by atoms with Gasteiger partial charge in [-0.25, -0.2) is 0 Å². The van der Waals surface area contributed by atoms with Gasteiger partial charge in [0.15, 0.2) is 0 Å². The van der Waals surface area contributed by atoms with E-state index < -0.39 is 0 Å². The van der Waals surface area contributed by atoms with E-state index in [9.17, 15) is 5.11 Å². The van der Waals surface area contributed by atoms with Crippen LogP contribution in [0.1, 0.15) is 51.9 Å². The Balaban J connectivity index is 1.79. The van der Waals surface area contributed by atoms with Crippen LogP contribution >= 0.6 is 0 Å². The predicted molar refractivity (Wildman–Crippen MR) is 59.0 cm³/mol. The molecule has 0 aliphatic heterocycles. The monoisotopic (exact) mass is 196 g/mol. The molecule has 1 nitrogen and oxygen atoms in total. The van der Waals surface area contributed by atoms with Crippen molar-refractivity contribution < 1.29 is 5.11 Å². The SMILES string of the molecule is CCCC(CO)CC1CC2CCC1C2. The Kier molecular flexibility index (Phi) is 3.48. The Hall–Kier alpha value is -0.0400. The topological polar surface area (TPSA) is 20.2 Å². The van der Waals surface area contributed by atoms with E-state index in [1.165, 1.54) is 44.9 Å². The quantitative estimate of drug-likeness (QED) is 0.716. The summed E-state index contributed by atoms with van der Waals surface area (Å²) < 4.78 is 0. The van der Waals surface area contributed by atoms with Gasteiger partial charge in [0, 0.05) is 6.61 Å². The average Bonchev–Trinajstić information content (AvgIpc) is 2.78. The zero-order chi connectivity index (χ0) is 9.97. The minimum absolute atomic E-state index is 0.418. The third-order valence-corrected chi connectivity index (χ3v) is 4.48. The normalized spacial score (nSPS) is 37.7. The summed E-state index contributed by atoms with van der Waals surface area (Å²) in [5, 5.41) is 9.29. The van der Waals surface area contributed by atoms with Gasteiger partial charge in [0.25, 0.3) is 0 Å². The zero-order valence-corrected chi connectivity index (χ0v) is 9.41. The summed E-state index contributed by atoms with van der Waals surface area (Å²) in [7, 11) is 0. The average molecular weight is 196 g/mol. The molecule has 0 aromatic rings. The molecule has 2 rings (SSSR count). The smallest absolute Gasteiger partial charge is 0.0459 e. The van der Waals surface area contributed by atoms with Crippen molar-refractivity contribution in [3.8, 4) is 0 Å². The molecule has 4 unspecified atom stereocenters. The fourth-order valence-electron chi connectivity index (χ4n) is 3.79. The molecule has 0 spiro atoms. The highest BCUT2D eigenvalue weighted by atomic mass is 16.3. The minimum atomic E-state index is 0.418. The maximum atomic E-state index is 9.29. The first-order chi connectivity index (χ1) is 6.83. The van der Waals surface area contributed by atoms with Crippen molar-refractivity contribution in [2.75, 3.05) is 6.61 Å². The second-order valence-corrected chi connectivity index (χ2v) is 5.51. The van der Waals surface area contributed by atoms with Gasteiger partial charge < -0.3 is 5.11 Å². The fraction of sp³-hybridized carbons (Fsp3) is 1.00. The second-order valence-electron chi connectivity index (χ2n) is 5.51. The Labute approximate surface area is 87.9 Å². The van der Waals surface area contributed by atoms with Crippen molar-refractivity contribution in [3.63, 3.8) is 0 Å². The van der Waals surface area contributed by atoms with Gasteiger partial charge in [0.05, 0.1) is 0 Å². The molecule has 1 heteroatoms. The fourth-order valence-corrected chi connectivity index (χ4v) is 3.79. The van der Waals surface area contributed by atoms with Crippen LogP contribution in [-0.2, 0) is 0 Å². The molecule has 2 fully saturated rings. The lowest BCUT2D eigenvalue weighted by Gasteiger charge is -2.25. The lowest BCUT2D eigenvalue weighted by molar-refractivity contribution is 0.171. The van der Waals surface area contributed by atoms with Gasteiger partial charge >= 0.3 is 0 Å². The lowest BCUT2D eigenvalue weighted by Crippen LogP contribution is -2.17. The number of fused-ring (bicyclic) bond motifs is 2. The van der Waals surface area contributed by atoms with E-state index in [1.807, 2.05) is 0 Å². The highest BCUT2D eigenvalue weighted by Crippen LogP contribution is 2.50. The zero-order valence-electron chi connectivity index (χ0n) is 9.41. The third-order valence-electron chi connectivity index (χ3n) is 4.48. The molecule has 0 radical (unpaired) electrons. The Morgan fingerprint density at radius 1 is 1.29 bits per heavy atom. The van der Waals surface area contributed by atoms with E-state index in [1.54, 1.807) is 0 Å². The van der Waals surface area contributed by atoms with Crippen molar-refractivity contribution in [3.05, 3.63) is 0 Å². The van der Waals surface area contributed by atoms with Gasteiger partial charge in [-0.3, -0.25) is 0 Å². The van der Waals surface area contributed by atoms with Crippen molar-refractivity contribution >= 4 is 0 Å². The predicted octanol–water partition coefficient (Wildman–Crippen LogP) is 3.22. The van der Waals surface area contributed by atoms with Gasteiger partial charge in [-0.05, 0) is 55.8 Å². The van der Waals surface area contributed by atoms with Crippen LogP contribution in [-0.4, -0.2) is 11.7 Å². The highest BCUT2D eigenvalue weighted by Gasteiger charge is 2.39. The van der Waals surface area contributed by atoms with Crippen molar-refractivity contribution in [2.45, 2.75) is 51.9 Å². The summed E-state index contributed by atoms with van der Waals surface area (Å²) in [6, 6.07) is 0. The van der Waals surface area contributed by atoms with Crippen LogP contribution in [0.4, 0.5) is 0 Å². The Morgan fingerprint density at radius 3 is 2.64 bits per heavy atom. The molecule has 82 valence electrons. The first-order valence-electron chi connectivity index (χ1n) is 6.44. The van der Waals surface area contributed by atoms with E-state index in [4.69, 9.17) is 0 Å². The lowest BCUT2D eigenvalue weighted by atomic mass is 9.81. The summed E-state index contributed by atoms with van der Waals surface area (Å²) in [5.41, 5.74) is 0. The molecule has 0 aromatic carbocycles. The summed E-state index contributed by atoms with van der Waals surface area (Å²) in [4.78, 5) is 0. The summed E-state index contributed by atoms with van der Waals surface area (Å²) in [5.74, 6) is 3.67. The molecule has 0 saturated heterocycles. The third kappa shape index (κ3) is 2.13. The minimum Gasteiger partial charge on any atom is -0.396 e. The summed E-state index contributed by atoms with van der Waals surface area (Å²) in [6.45, 7) is 2.64. The van der Waals surface area contributed by atoms with Crippen LogP contribution in [0.5, 0.6) is 0 Å². The van der Waals surface area contributed by atoms with E-state index in [2.05, 4.69) is 6.92 Å². The number of aliphatic hydroxyl groups is 1. The van der Waals surface area contributed by atoms with E-state index in [0.717, 1.165) is 17.8 Å². The Morgan fingerprint density at radius 2 is 2.14 bits per heavy atom. The van der Waals surface area contributed by atoms with Crippen LogP contribution in [0.25, 0.3) is 0 Å². The van der Waals surface area contributed by atoms with E-state index in [0.29, 0.717) is 12.5 Å². The Bertz CT molecular complexity index is 178. The number of aliphatic hydroxyl groups excluding tert-OH is 1. The van der Waals surface area contributed by atoms with Gasteiger partial charge in [0.1, 0.15) is 0 Å². The van der Waals surface area contributed by atoms with Crippen LogP contribution in [0, 0.1) is 23.7 Å². The van der Waals surface area contributed by atoms with Crippen molar-refractivity contribution in [1.82, 2.24) is 0 Å². The van der Waals surface area contributed by atoms with Gasteiger partial charge in [0.2, 0.25) is 0 Å². The van der Waals surface area contributed by atoms with Gasteiger partial charge in [-0.15, -0.1) is 0 Å². The number of hydrogen-bond acceptors (Lipinski definition) is 1. The molecular weight excluding hydrogens is 172 g/mol. The first kappa shape index (κ1) is 10.5. The molecule has 14 heavy (non-hydrogen) atoms. The standard InChI is InChI=1S/C13H24O/c1-2-3-11(9-14)8-13-7-10-4-5-12(13)6-10/h10-14H,2-9H2,1H3. The second kappa shape index (κ2) is 4.65. The summed E-state index contributed by atoms with van der Waals surface area (Å²) >= 11 is 0. The largest absolute Gasteiger partial charge is 0.396 e. The molecule has 2 bridgehead atoms. The van der Waals surface area contributed by atoms with Crippen LogP contribution in [0.15, 0.2) is 0 Å². The van der Waals surface area contributed by atoms with Crippen LogP contribution in [0.2, 0.25) is 0 Å². The first-order valence-corrected chi connectivity index (χ1v) is 6.44. The molecule has 0 amide bonds. The molecule has 2 aliphatic carbocycles. The molecule has 0 aromatic heterocycles. The van der Waals surface area contributed by atoms with E-state index in [-0.39, 0.29) is 0 Å². The maximum Gasteiger partial charge on any atom is 0.0459 e. The number of rotatable bonds is 5. The van der Waals surface area contributed by atoms with E-state index >= 15 is 0 Å². The maximum absolute atomic E-state index is 9.29. The highest BCUT2D eigenvalue weighted by molar-refractivity contribution is 4.90. The van der Waals surface area contributed by atoms with Crippen molar-refractivity contribution in [1.29, 1.82) is 0 Å². The van der Waals surface area contributed by atoms with Crippen LogP contribution in [0.3, 0.4) is 0 Å².